The van der Waals surface area contributed by atoms with Crippen LogP contribution in [0.5, 0.6) is 0 Å². The molecular weight excluding hydrogens is 669 g/mol. The molecule has 2 aliphatic heterocycles. The quantitative estimate of drug-likeness (QED) is 0.123. The maximum atomic E-state index is 8.01. The monoisotopic (exact) mass is 742 g/mol. The molecule has 0 aliphatic carbocycles. The fourth-order valence-electron chi connectivity index (χ4n) is 6.70. The van der Waals surface area contributed by atoms with E-state index in [1.54, 1.807) is 0 Å². The van der Waals surface area contributed by atoms with Gasteiger partial charge in [0.1, 0.15) is 0 Å². The smallest absolute Gasteiger partial charge is 0.698 e. The molecule has 5 nitrogen and oxygen atoms in total. The summed E-state index contributed by atoms with van der Waals surface area (Å²) in [7, 11) is 0. The van der Waals surface area contributed by atoms with Crippen LogP contribution in [0.3, 0.4) is 0 Å². The van der Waals surface area contributed by atoms with E-state index >= 15 is 0 Å². The van der Waals surface area contributed by atoms with Gasteiger partial charge in [-0.1, -0.05) is 149 Å². The van der Waals surface area contributed by atoms with Gasteiger partial charge in [-0.2, -0.15) is 0 Å². The molecule has 7 heteroatoms. The predicted molar refractivity (Wildman–Crippen MR) is 229 cm³/mol. The summed E-state index contributed by atoms with van der Waals surface area (Å²) in [6.45, 7) is 29.1. The van der Waals surface area contributed by atoms with Gasteiger partial charge < -0.3 is 26.3 Å². The van der Waals surface area contributed by atoms with Crippen LogP contribution in [0.2, 0.25) is 0 Å². The van der Waals surface area contributed by atoms with Crippen molar-refractivity contribution < 1.29 is 28.3 Å². The Hall–Kier alpha value is -2.13. The summed E-state index contributed by atoms with van der Waals surface area (Å²) in [6.07, 6.45) is 5.49. The van der Waals surface area contributed by atoms with Crippen molar-refractivity contribution in [1.29, 1.82) is 0 Å². The number of nitrogen functional groups attached to an aromatic ring is 1. The van der Waals surface area contributed by atoms with Gasteiger partial charge in [0.15, 0.2) is 0 Å². The summed E-state index contributed by atoms with van der Waals surface area (Å²) in [4.78, 5) is 0. The number of halogens is 1. The molecule has 3 aromatic carbocycles. The first-order chi connectivity index (χ1) is 24.6. The second-order valence-electron chi connectivity index (χ2n) is 16.2. The molecule has 4 N–H and O–H groups in total. The number of alkyl halides is 1. The van der Waals surface area contributed by atoms with Crippen molar-refractivity contribution in [2.75, 3.05) is 36.7 Å². The molecule has 0 bridgehead atoms. The van der Waals surface area contributed by atoms with Crippen molar-refractivity contribution in [3.05, 3.63) is 93.7 Å². The minimum atomic E-state index is 0. The fraction of sp³-hybridized carbons (Fsp3) is 0.609. The topological polar surface area (TPSA) is 80.3 Å². The fourth-order valence-corrected chi connectivity index (χ4v) is 6.95. The van der Waals surface area contributed by atoms with Gasteiger partial charge in [-0.25, -0.2) is 0 Å². The van der Waals surface area contributed by atoms with Crippen LogP contribution in [0.1, 0.15) is 178 Å². The van der Waals surface area contributed by atoms with Gasteiger partial charge in [0.05, 0.1) is 12.2 Å². The molecule has 2 unspecified atom stereocenters. The van der Waals surface area contributed by atoms with Gasteiger partial charge in [-0.3, -0.25) is 0 Å². The summed E-state index contributed by atoms with van der Waals surface area (Å²) in [5.74, 6) is 3.69. The number of nitrogens with two attached hydrogens (primary N) is 1. The second kappa shape index (κ2) is 25.1. The van der Waals surface area contributed by atoms with Crippen molar-refractivity contribution in [2.45, 2.75) is 156 Å². The van der Waals surface area contributed by atoms with Crippen LogP contribution in [0.25, 0.3) is 5.73 Å². The van der Waals surface area contributed by atoms with Crippen LogP contribution in [-0.4, -0.2) is 37.8 Å². The summed E-state index contributed by atoms with van der Waals surface area (Å²) < 4.78 is 10.9. The number of nitrogens with one attached hydrogen (secondary N) is 2. The van der Waals surface area contributed by atoms with Crippen LogP contribution in [-0.2, 0) is 9.47 Å². The zero-order valence-electron chi connectivity index (χ0n) is 35.7. The number of ether oxygens (including phenoxy) is 2. The molecule has 0 amide bonds. The Labute approximate surface area is 342 Å². The van der Waals surface area contributed by atoms with Crippen molar-refractivity contribution >= 4 is 28.7 Å². The van der Waals surface area contributed by atoms with E-state index in [0.29, 0.717) is 53.6 Å². The average molecular weight is 743 g/mol. The minimum Gasteiger partial charge on any atom is -0.698 e. The molecule has 2 heterocycles. The van der Waals surface area contributed by atoms with Crippen molar-refractivity contribution in [3.63, 3.8) is 0 Å². The third kappa shape index (κ3) is 15.9. The molecule has 53 heavy (non-hydrogen) atoms. The van der Waals surface area contributed by atoms with Crippen LogP contribution in [0, 0.1) is 0 Å². The molecule has 2 saturated heterocycles. The number of hydrogen-bond donors (Lipinski definition) is 2. The van der Waals surface area contributed by atoms with E-state index in [2.05, 4.69) is 143 Å². The standard InChI is InChI=1S/C17H27NO.C12H19N.C12H18N.C5H9ClO.Li/c1-12(2)15-8-5-9-16(13(3)4)17(15)18-11-14-7-6-10-19-14;2*1-8(2)10-6-5-7-11(9(3)4)12(10)13;6-4-5-2-1-3-7-5;/h5,8-9,12-14,18H,6-7,10-11H2,1-4H3;5-9H,13H2,1-4H3;5-9,13H,1-4H3;5H,1-4H2;/q;;-1;;+1. The summed E-state index contributed by atoms with van der Waals surface area (Å²) in [6, 6.07) is 19.2. The maximum Gasteiger partial charge on any atom is 1.00 e. The summed E-state index contributed by atoms with van der Waals surface area (Å²) in [5, 5.41) is 3.66. The minimum absolute atomic E-state index is 0. The largest absolute Gasteiger partial charge is 1.00 e. The first-order valence-electron chi connectivity index (χ1n) is 20.0. The molecule has 2 aliphatic rings. The molecule has 0 saturated carbocycles. The van der Waals surface area contributed by atoms with Crippen LogP contribution in [0.15, 0.2) is 54.6 Å². The molecule has 0 spiro atoms. The summed E-state index contributed by atoms with van der Waals surface area (Å²) in [5.41, 5.74) is 24.8. The maximum absolute atomic E-state index is 8.01. The van der Waals surface area contributed by atoms with Gasteiger partial charge in [-0.05, 0) is 83.4 Å². The molecule has 2 atom stereocenters. The number of para-hydroxylation sites is 2. The van der Waals surface area contributed by atoms with E-state index in [1.165, 1.54) is 47.2 Å². The first kappa shape index (κ1) is 48.9. The van der Waals surface area contributed by atoms with E-state index < -0.39 is 0 Å². The zero-order chi connectivity index (χ0) is 39.0. The molecule has 292 valence electrons. The van der Waals surface area contributed by atoms with Gasteiger partial charge >= 0.3 is 18.9 Å². The van der Waals surface area contributed by atoms with Gasteiger partial charge in [0, 0.05) is 37.0 Å². The van der Waals surface area contributed by atoms with Crippen molar-refractivity contribution in [3.8, 4) is 0 Å². The molecule has 0 aromatic heterocycles. The Bertz CT molecular complexity index is 1300. The third-order valence-electron chi connectivity index (χ3n) is 9.89. The van der Waals surface area contributed by atoms with Crippen LogP contribution in [0.4, 0.5) is 17.1 Å². The number of rotatable bonds is 10. The summed E-state index contributed by atoms with van der Waals surface area (Å²) >= 11 is 5.48. The molecule has 3 aromatic rings. The Balaban J connectivity index is 0.000000368. The van der Waals surface area contributed by atoms with Crippen molar-refractivity contribution in [2.24, 2.45) is 0 Å². The Morgan fingerprint density at radius 2 is 0.943 bits per heavy atom. The molecular formula is C46H73ClLiN3O2. The van der Waals surface area contributed by atoms with E-state index in [1.807, 2.05) is 0 Å². The number of anilines is 2. The van der Waals surface area contributed by atoms with Gasteiger partial charge in [0.2, 0.25) is 0 Å². The predicted octanol–water partition coefficient (Wildman–Crippen LogP) is 11.1. The Morgan fingerprint density at radius 1 is 0.604 bits per heavy atom. The van der Waals surface area contributed by atoms with E-state index in [-0.39, 0.29) is 18.9 Å². The first-order valence-corrected chi connectivity index (χ1v) is 20.5. The van der Waals surface area contributed by atoms with Crippen LogP contribution < -0.4 is 29.9 Å². The van der Waals surface area contributed by atoms with Crippen molar-refractivity contribution in [1.82, 2.24) is 0 Å². The van der Waals surface area contributed by atoms with Gasteiger partial charge in [-0.15, -0.1) is 17.3 Å². The third-order valence-corrected chi connectivity index (χ3v) is 10.2. The van der Waals surface area contributed by atoms with Crippen LogP contribution >= 0.6 is 11.6 Å². The SMILES string of the molecule is CC(C)c1cccc(C(C)C)c1N.CC(C)c1cccc(C(C)C)c1NCC1CCCO1.CC(C)c1cccc(C(C)C)c1[NH-].ClCC1CCCO1.[Li+]. The second-order valence-corrected chi connectivity index (χ2v) is 16.5. The average Bonchev–Trinajstić information content (AvgIpc) is 3.83. The molecule has 0 radical (unpaired) electrons. The molecule has 2 fully saturated rings. The van der Waals surface area contributed by atoms with E-state index in [0.717, 1.165) is 48.7 Å². The van der Waals surface area contributed by atoms with Gasteiger partial charge in [0.25, 0.3) is 0 Å². The van der Waals surface area contributed by atoms with E-state index in [9.17, 15) is 0 Å². The number of benzene rings is 3. The Morgan fingerprint density at radius 3 is 1.25 bits per heavy atom. The molecule has 5 rings (SSSR count). The van der Waals surface area contributed by atoms with E-state index in [4.69, 9.17) is 32.5 Å². The Kier molecular flexibility index (Phi) is 23.2. The number of hydrogen-bond acceptors (Lipinski definition) is 4. The zero-order valence-corrected chi connectivity index (χ0v) is 36.5. The normalized spacial score (nSPS) is 16.6.